The zero-order valence-corrected chi connectivity index (χ0v) is 21.4. The van der Waals surface area contributed by atoms with Gasteiger partial charge in [-0.3, -0.25) is 9.59 Å². The first-order valence-corrected chi connectivity index (χ1v) is 12.3. The van der Waals surface area contributed by atoms with Crippen LogP contribution in [0.3, 0.4) is 0 Å². The molecule has 35 heavy (non-hydrogen) atoms. The molecular formula is C27H37N5O3. The SMILES string of the molecule is CC(C)CCC1c2cc(C(=O)N3Cc4ccc(C(=O)NCCN(C)C)cc4C3)c(O)cc2NN1C. The van der Waals surface area contributed by atoms with E-state index in [2.05, 4.69) is 29.6 Å². The first-order chi connectivity index (χ1) is 16.6. The fourth-order valence-corrected chi connectivity index (χ4v) is 4.81. The number of carbonyl (C=O) groups is 2. The quantitative estimate of drug-likeness (QED) is 0.536. The molecule has 0 aromatic heterocycles. The fraction of sp³-hybridized carbons (Fsp3) is 0.481. The van der Waals surface area contributed by atoms with Gasteiger partial charge in [-0.25, -0.2) is 5.01 Å². The number of carbonyl (C=O) groups excluding carboxylic acids is 2. The van der Waals surface area contributed by atoms with E-state index in [0.29, 0.717) is 36.7 Å². The summed E-state index contributed by atoms with van der Waals surface area (Å²) in [5, 5.41) is 15.7. The Bertz CT molecular complexity index is 1110. The molecule has 2 amide bonds. The lowest BCUT2D eigenvalue weighted by molar-refractivity contribution is 0.0748. The van der Waals surface area contributed by atoms with Gasteiger partial charge in [-0.2, -0.15) is 0 Å². The van der Waals surface area contributed by atoms with E-state index in [0.717, 1.165) is 41.8 Å². The van der Waals surface area contributed by atoms with Crippen molar-refractivity contribution in [2.75, 3.05) is 39.7 Å². The Morgan fingerprint density at radius 2 is 1.91 bits per heavy atom. The van der Waals surface area contributed by atoms with Crippen LogP contribution in [0.25, 0.3) is 0 Å². The molecular weight excluding hydrogens is 442 g/mol. The van der Waals surface area contributed by atoms with Crippen LogP contribution in [0, 0.1) is 5.92 Å². The Hall–Kier alpha value is -3.10. The molecule has 188 valence electrons. The third-order valence-electron chi connectivity index (χ3n) is 6.86. The maximum atomic E-state index is 13.5. The molecule has 0 fully saturated rings. The van der Waals surface area contributed by atoms with Gasteiger partial charge >= 0.3 is 0 Å². The number of phenols is 1. The number of hydrogen-bond acceptors (Lipinski definition) is 6. The smallest absolute Gasteiger partial charge is 0.258 e. The summed E-state index contributed by atoms with van der Waals surface area (Å²) in [6.07, 6.45) is 2.05. The number of nitrogens with one attached hydrogen (secondary N) is 2. The molecule has 0 aliphatic carbocycles. The Morgan fingerprint density at radius 3 is 2.63 bits per heavy atom. The molecule has 0 bridgehead atoms. The maximum absolute atomic E-state index is 13.5. The molecule has 1 unspecified atom stereocenters. The lowest BCUT2D eigenvalue weighted by Crippen LogP contribution is -2.31. The van der Waals surface area contributed by atoms with Crippen LogP contribution in [0.1, 0.15) is 70.1 Å². The van der Waals surface area contributed by atoms with Gasteiger partial charge in [0.05, 0.1) is 17.3 Å². The Kier molecular flexibility index (Phi) is 7.33. The standard InChI is InChI=1S/C27H37N5O3/c1-17(2)6-9-24-21-13-22(25(33)14-23(21)29-31(24)5)27(35)32-15-19-8-7-18(12-20(19)16-32)26(34)28-10-11-30(3)4/h7-8,12-14,17,24,29,33H,6,9-11,15-16H2,1-5H3,(H,28,34). The van der Waals surface area contributed by atoms with Gasteiger partial charge in [0.15, 0.2) is 0 Å². The number of rotatable bonds is 8. The van der Waals surface area contributed by atoms with Crippen molar-refractivity contribution in [3.63, 3.8) is 0 Å². The number of benzene rings is 2. The number of hydrazine groups is 1. The number of nitrogens with zero attached hydrogens (tertiary/aromatic N) is 3. The summed E-state index contributed by atoms with van der Waals surface area (Å²) in [5.74, 6) is 0.264. The number of likely N-dealkylation sites (N-methyl/N-ethyl adjacent to an activating group) is 1. The summed E-state index contributed by atoms with van der Waals surface area (Å²) in [4.78, 5) is 29.7. The van der Waals surface area contributed by atoms with Crippen LogP contribution in [0.5, 0.6) is 5.75 Å². The number of fused-ring (bicyclic) bond motifs is 2. The number of aromatic hydroxyl groups is 1. The topological polar surface area (TPSA) is 88.2 Å². The van der Waals surface area contributed by atoms with Crippen molar-refractivity contribution in [3.05, 3.63) is 58.1 Å². The lowest BCUT2D eigenvalue weighted by Gasteiger charge is -2.21. The lowest BCUT2D eigenvalue weighted by atomic mass is 9.95. The third-order valence-corrected chi connectivity index (χ3v) is 6.86. The number of amides is 2. The molecule has 0 saturated heterocycles. The Morgan fingerprint density at radius 1 is 1.17 bits per heavy atom. The largest absolute Gasteiger partial charge is 0.507 e. The molecule has 2 aromatic rings. The first-order valence-electron chi connectivity index (χ1n) is 12.3. The molecule has 2 aliphatic heterocycles. The highest BCUT2D eigenvalue weighted by molar-refractivity contribution is 5.98. The summed E-state index contributed by atoms with van der Waals surface area (Å²) in [6, 6.07) is 9.27. The molecule has 8 nitrogen and oxygen atoms in total. The Labute approximate surface area is 207 Å². The predicted molar refractivity (Wildman–Crippen MR) is 137 cm³/mol. The number of anilines is 1. The molecule has 1 atom stereocenters. The molecule has 2 aliphatic rings. The van der Waals surface area contributed by atoms with E-state index in [1.807, 2.05) is 50.3 Å². The first kappa shape index (κ1) is 25.0. The van der Waals surface area contributed by atoms with Gasteiger partial charge in [-0.15, -0.1) is 0 Å². The van der Waals surface area contributed by atoms with Gasteiger partial charge in [0, 0.05) is 44.9 Å². The van der Waals surface area contributed by atoms with Crippen molar-refractivity contribution in [2.45, 2.75) is 45.8 Å². The van der Waals surface area contributed by atoms with Gasteiger partial charge in [0.2, 0.25) is 0 Å². The summed E-state index contributed by atoms with van der Waals surface area (Å²) in [5.41, 5.74) is 8.12. The fourth-order valence-electron chi connectivity index (χ4n) is 4.81. The molecule has 0 saturated carbocycles. The van der Waals surface area contributed by atoms with Crippen LogP contribution in [0.15, 0.2) is 30.3 Å². The van der Waals surface area contributed by atoms with Crippen molar-refractivity contribution in [2.24, 2.45) is 5.92 Å². The maximum Gasteiger partial charge on any atom is 0.258 e. The average molecular weight is 480 g/mol. The normalized spacial score (nSPS) is 17.0. The van der Waals surface area contributed by atoms with Gasteiger partial charge < -0.3 is 25.6 Å². The third kappa shape index (κ3) is 5.44. The molecule has 2 aromatic carbocycles. The molecule has 0 radical (unpaired) electrons. The molecule has 0 spiro atoms. The predicted octanol–water partition coefficient (Wildman–Crippen LogP) is 3.59. The highest BCUT2D eigenvalue weighted by Crippen LogP contribution is 2.41. The van der Waals surface area contributed by atoms with E-state index in [1.54, 1.807) is 11.0 Å². The Balaban J connectivity index is 1.48. The second kappa shape index (κ2) is 10.3. The second-order valence-electron chi connectivity index (χ2n) is 10.4. The molecule has 2 heterocycles. The van der Waals surface area contributed by atoms with E-state index in [4.69, 9.17) is 0 Å². The van der Waals surface area contributed by atoms with Crippen molar-refractivity contribution >= 4 is 17.5 Å². The van der Waals surface area contributed by atoms with Gasteiger partial charge in [-0.1, -0.05) is 19.9 Å². The minimum atomic E-state index is -0.198. The van der Waals surface area contributed by atoms with Crippen LogP contribution < -0.4 is 10.7 Å². The van der Waals surface area contributed by atoms with Crippen molar-refractivity contribution in [3.8, 4) is 5.75 Å². The van der Waals surface area contributed by atoms with E-state index in [-0.39, 0.29) is 23.6 Å². The number of hydrogen-bond donors (Lipinski definition) is 3. The zero-order valence-electron chi connectivity index (χ0n) is 21.4. The van der Waals surface area contributed by atoms with Crippen molar-refractivity contribution in [1.82, 2.24) is 20.1 Å². The summed E-state index contributed by atoms with van der Waals surface area (Å²) < 4.78 is 0. The van der Waals surface area contributed by atoms with Gasteiger partial charge in [-0.05, 0) is 67.7 Å². The minimum Gasteiger partial charge on any atom is -0.507 e. The average Bonchev–Trinajstić information content (AvgIpc) is 3.35. The van der Waals surface area contributed by atoms with E-state index in [1.165, 1.54) is 0 Å². The van der Waals surface area contributed by atoms with Crippen molar-refractivity contribution < 1.29 is 14.7 Å². The van der Waals surface area contributed by atoms with Crippen LogP contribution in [0.4, 0.5) is 5.69 Å². The van der Waals surface area contributed by atoms with E-state index >= 15 is 0 Å². The highest BCUT2D eigenvalue weighted by Gasteiger charge is 2.32. The summed E-state index contributed by atoms with van der Waals surface area (Å²) in [6.45, 7) is 6.64. The number of phenolic OH excluding ortho intramolecular Hbond substituents is 1. The van der Waals surface area contributed by atoms with Crippen molar-refractivity contribution in [1.29, 1.82) is 0 Å². The second-order valence-corrected chi connectivity index (χ2v) is 10.4. The summed E-state index contributed by atoms with van der Waals surface area (Å²) in [7, 11) is 5.92. The van der Waals surface area contributed by atoms with E-state index in [9.17, 15) is 14.7 Å². The van der Waals surface area contributed by atoms with Crippen LogP contribution in [0.2, 0.25) is 0 Å². The monoisotopic (exact) mass is 479 g/mol. The van der Waals surface area contributed by atoms with Gasteiger partial charge in [0.25, 0.3) is 11.8 Å². The highest BCUT2D eigenvalue weighted by atomic mass is 16.3. The minimum absolute atomic E-state index is 0.0175. The molecule has 8 heteroatoms. The van der Waals surface area contributed by atoms with Gasteiger partial charge in [0.1, 0.15) is 5.75 Å². The molecule has 4 rings (SSSR count). The zero-order chi connectivity index (χ0) is 25.3. The van der Waals surface area contributed by atoms with E-state index < -0.39 is 0 Å². The van der Waals surface area contributed by atoms with Crippen LogP contribution in [-0.4, -0.2) is 66.0 Å². The van der Waals surface area contributed by atoms with Crippen LogP contribution in [-0.2, 0) is 13.1 Å². The molecule has 3 N–H and O–H groups in total. The van der Waals surface area contributed by atoms with Crippen LogP contribution >= 0.6 is 0 Å². The summed E-state index contributed by atoms with van der Waals surface area (Å²) >= 11 is 0.